The fourth-order valence-corrected chi connectivity index (χ4v) is 2.11. The molecular weight excluding hydrogens is 282 g/mol. The summed E-state index contributed by atoms with van der Waals surface area (Å²) in [7, 11) is 3.25. The minimum atomic E-state index is 0. The Labute approximate surface area is 117 Å². The van der Waals surface area contributed by atoms with Crippen LogP contribution in [0.1, 0.15) is 6.92 Å². The highest BCUT2D eigenvalue weighted by Crippen LogP contribution is 2.25. The molecule has 0 spiro atoms. The van der Waals surface area contributed by atoms with Crippen LogP contribution in [0.3, 0.4) is 0 Å². The first-order chi connectivity index (χ1) is 7.35. The summed E-state index contributed by atoms with van der Waals surface area (Å²) < 4.78 is 3.14. The molecule has 1 aromatic rings. The summed E-state index contributed by atoms with van der Waals surface area (Å²) in [6.45, 7) is 3.74. The molecule has 16 heavy (non-hydrogen) atoms. The molecule has 0 aliphatic carbocycles. The third-order valence-electron chi connectivity index (χ3n) is 1.10. The molecule has 7 heteroatoms. The Balaban J connectivity index is 0. The van der Waals surface area contributed by atoms with E-state index in [-0.39, 0.29) is 12.4 Å². The van der Waals surface area contributed by atoms with Crippen molar-refractivity contribution in [2.24, 2.45) is 5.73 Å². The van der Waals surface area contributed by atoms with E-state index in [4.69, 9.17) is 5.73 Å². The molecule has 0 aromatic carbocycles. The number of nitrogens with two attached hydrogens (primary N) is 1. The maximum atomic E-state index is 4.95. The lowest BCUT2D eigenvalue weighted by molar-refractivity contribution is 1.04. The molecule has 3 nitrogen and oxygen atoms in total. The number of rotatable bonds is 5. The lowest BCUT2D eigenvalue weighted by atomic mass is 10.5. The first-order valence-corrected chi connectivity index (χ1v) is 7.41. The molecule has 0 amide bonds. The lowest BCUT2D eigenvalue weighted by Gasteiger charge is -1.97. The smallest absolute Gasteiger partial charge is 0.108 e. The number of pyridine rings is 1. The highest BCUT2D eigenvalue weighted by Gasteiger charge is 1.91. The van der Waals surface area contributed by atoms with Crippen LogP contribution in [-0.4, -0.2) is 23.8 Å². The summed E-state index contributed by atoms with van der Waals surface area (Å²) in [6, 6.07) is 5.90. The van der Waals surface area contributed by atoms with Gasteiger partial charge in [0.05, 0.1) is 0 Å². The van der Waals surface area contributed by atoms with Gasteiger partial charge in [0, 0.05) is 25.0 Å². The molecule has 94 valence electrons. The normalized spacial score (nSPS) is 8.69. The van der Waals surface area contributed by atoms with Crippen LogP contribution in [0.15, 0.2) is 29.4 Å². The van der Waals surface area contributed by atoms with Crippen molar-refractivity contribution in [2.75, 3.05) is 18.8 Å². The van der Waals surface area contributed by atoms with Crippen LogP contribution >= 0.6 is 46.8 Å². The van der Waals surface area contributed by atoms with Crippen LogP contribution < -0.4 is 10.5 Å². The van der Waals surface area contributed by atoms with Gasteiger partial charge >= 0.3 is 0 Å². The average Bonchev–Trinajstić information content (AvgIpc) is 2.31. The van der Waals surface area contributed by atoms with Crippen molar-refractivity contribution >= 4 is 46.8 Å². The first-order valence-electron chi connectivity index (χ1n) is 4.63. The maximum Gasteiger partial charge on any atom is 0.108 e. The van der Waals surface area contributed by atoms with Crippen molar-refractivity contribution in [3.05, 3.63) is 24.4 Å². The van der Waals surface area contributed by atoms with E-state index < -0.39 is 0 Å². The van der Waals surface area contributed by atoms with Crippen LogP contribution in [0, 0.1) is 0 Å². The first kappa shape index (κ1) is 18.8. The van der Waals surface area contributed by atoms with Gasteiger partial charge in [0.2, 0.25) is 0 Å². The Kier molecular flexibility index (Phi) is 18.1. The largest absolute Gasteiger partial charge is 0.330 e. The fourth-order valence-electron chi connectivity index (χ4n) is 0.527. The summed E-state index contributed by atoms with van der Waals surface area (Å²) in [6.07, 6.45) is 1.80. The minimum Gasteiger partial charge on any atom is -0.330 e. The van der Waals surface area contributed by atoms with E-state index in [1.165, 1.54) is 0 Å². The van der Waals surface area contributed by atoms with E-state index in [9.17, 15) is 0 Å². The molecule has 0 atom stereocenters. The van der Waals surface area contributed by atoms with E-state index in [2.05, 4.69) is 29.3 Å². The number of hydrogen-bond donors (Lipinski definition) is 3. The molecule has 0 aliphatic rings. The minimum absolute atomic E-state index is 0. The fraction of sp³-hybridized carbons (Fsp3) is 0.444. The zero-order chi connectivity index (χ0) is 11.4. The van der Waals surface area contributed by atoms with Gasteiger partial charge in [0.1, 0.15) is 5.03 Å². The molecule has 1 rings (SSSR count). The molecule has 1 heterocycles. The number of aromatic nitrogens is 1. The van der Waals surface area contributed by atoms with Crippen LogP contribution in [0.4, 0.5) is 0 Å². The Morgan fingerprint density at radius 2 is 2.19 bits per heavy atom. The average molecular weight is 300 g/mol. The van der Waals surface area contributed by atoms with E-state index in [0.29, 0.717) is 6.54 Å². The molecule has 0 unspecified atom stereocenters. The SMILES string of the molecule is CCNSSc1ccccn1.Cl.NCCS. The van der Waals surface area contributed by atoms with Gasteiger partial charge in [-0.15, -0.1) is 12.4 Å². The summed E-state index contributed by atoms with van der Waals surface area (Å²) in [5, 5.41) is 1.04. The van der Waals surface area contributed by atoms with Gasteiger partial charge < -0.3 is 5.73 Å². The van der Waals surface area contributed by atoms with E-state index in [1.807, 2.05) is 18.2 Å². The Morgan fingerprint density at radius 3 is 2.62 bits per heavy atom. The molecule has 0 bridgehead atoms. The second-order valence-corrected chi connectivity index (χ2v) is 4.83. The predicted octanol–water partition coefficient (Wildman–Crippen LogP) is 2.64. The van der Waals surface area contributed by atoms with Crippen molar-refractivity contribution < 1.29 is 0 Å². The topological polar surface area (TPSA) is 50.9 Å². The summed E-state index contributed by atoms with van der Waals surface area (Å²) in [4.78, 5) is 4.15. The Bertz CT molecular complexity index is 224. The Morgan fingerprint density at radius 1 is 1.50 bits per heavy atom. The van der Waals surface area contributed by atoms with Crippen LogP contribution in [0.5, 0.6) is 0 Å². The quantitative estimate of drug-likeness (QED) is 0.338. The van der Waals surface area contributed by atoms with Crippen molar-refractivity contribution in [3.63, 3.8) is 0 Å². The highest BCUT2D eigenvalue weighted by atomic mass is 35.5. The molecule has 0 radical (unpaired) electrons. The van der Waals surface area contributed by atoms with Crippen molar-refractivity contribution in [3.8, 4) is 0 Å². The van der Waals surface area contributed by atoms with Crippen LogP contribution in [0.2, 0.25) is 0 Å². The van der Waals surface area contributed by atoms with Crippen molar-refractivity contribution in [1.29, 1.82) is 0 Å². The number of nitrogens with zero attached hydrogens (tertiary/aromatic N) is 1. The molecule has 0 saturated heterocycles. The van der Waals surface area contributed by atoms with Crippen molar-refractivity contribution in [2.45, 2.75) is 11.9 Å². The standard InChI is InChI=1S/C7H10N2S2.C2H7NS.ClH/c1-2-9-11-10-7-5-3-4-6-8-7;3-1-2-4;/h3-6,9H,2H2,1H3;4H,1-3H2;1H. The summed E-state index contributed by atoms with van der Waals surface area (Å²) in [5.74, 6) is 0.792. The molecule has 0 fully saturated rings. The predicted molar refractivity (Wildman–Crippen MR) is 81.5 cm³/mol. The van der Waals surface area contributed by atoms with Crippen LogP contribution in [0.25, 0.3) is 0 Å². The second-order valence-electron chi connectivity index (χ2n) is 2.34. The molecule has 3 N–H and O–H groups in total. The van der Waals surface area contributed by atoms with Gasteiger partial charge in [0.15, 0.2) is 0 Å². The van der Waals surface area contributed by atoms with E-state index >= 15 is 0 Å². The van der Waals surface area contributed by atoms with Gasteiger partial charge in [0.25, 0.3) is 0 Å². The molecule has 1 aromatic heterocycles. The van der Waals surface area contributed by atoms with E-state index in [0.717, 1.165) is 17.3 Å². The molecule has 0 aliphatic heterocycles. The lowest BCUT2D eigenvalue weighted by Crippen LogP contribution is -1.97. The third-order valence-corrected chi connectivity index (χ3v) is 3.37. The van der Waals surface area contributed by atoms with Gasteiger partial charge in [-0.05, 0) is 33.9 Å². The number of thiol groups is 1. The zero-order valence-electron chi connectivity index (χ0n) is 9.13. The summed E-state index contributed by atoms with van der Waals surface area (Å²) in [5.41, 5.74) is 4.95. The van der Waals surface area contributed by atoms with E-state index in [1.54, 1.807) is 28.0 Å². The maximum absolute atomic E-state index is 4.95. The number of hydrogen-bond acceptors (Lipinski definition) is 6. The summed E-state index contributed by atoms with van der Waals surface area (Å²) >= 11 is 3.80. The molecule has 0 saturated carbocycles. The monoisotopic (exact) mass is 299 g/mol. The van der Waals surface area contributed by atoms with Gasteiger partial charge in [-0.1, -0.05) is 13.0 Å². The highest BCUT2D eigenvalue weighted by molar-refractivity contribution is 8.76. The second kappa shape index (κ2) is 15.4. The third kappa shape index (κ3) is 12.5. The van der Waals surface area contributed by atoms with Gasteiger partial charge in [-0.3, -0.25) is 4.72 Å². The van der Waals surface area contributed by atoms with Crippen molar-refractivity contribution in [1.82, 2.24) is 9.71 Å². The van der Waals surface area contributed by atoms with Gasteiger partial charge in [-0.2, -0.15) is 12.6 Å². The van der Waals surface area contributed by atoms with Gasteiger partial charge in [-0.25, -0.2) is 4.98 Å². The zero-order valence-corrected chi connectivity index (χ0v) is 12.5. The number of nitrogens with one attached hydrogen (secondary N) is 1. The Hall–Kier alpha value is 0.410. The molecular formula is C9H18ClN3S3. The van der Waals surface area contributed by atoms with Crippen LogP contribution in [-0.2, 0) is 0 Å². The number of halogens is 1.